The molecule has 0 radical (unpaired) electrons. The number of aromatic nitrogens is 1. The molecule has 6 rings (SSSR count). The van der Waals surface area contributed by atoms with Crippen LogP contribution in [0.3, 0.4) is 0 Å². The highest BCUT2D eigenvalue weighted by atomic mass is 16.5. The zero-order valence-corrected chi connectivity index (χ0v) is 30.6. The first kappa shape index (κ1) is 34.9. The first-order chi connectivity index (χ1) is 23.0. The van der Waals surface area contributed by atoms with E-state index in [4.69, 9.17) is 9.47 Å². The van der Waals surface area contributed by atoms with Crippen LogP contribution in [0.4, 0.5) is 0 Å². The zero-order chi connectivity index (χ0) is 34.2. The van der Waals surface area contributed by atoms with E-state index < -0.39 is 5.97 Å². The maximum Gasteiger partial charge on any atom is 0.357 e. The molecule has 2 aromatic rings. The summed E-state index contributed by atoms with van der Waals surface area (Å²) < 4.78 is 11.6. The summed E-state index contributed by atoms with van der Waals surface area (Å²) in [5.74, 6) is 4.02. The summed E-state index contributed by atoms with van der Waals surface area (Å²) in [4.78, 5) is 31.2. The van der Waals surface area contributed by atoms with Crippen LogP contribution in [0, 0.1) is 53.3 Å². The summed E-state index contributed by atoms with van der Waals surface area (Å²) in [5, 5.41) is 0. The lowest BCUT2D eigenvalue weighted by atomic mass is 9.47. The quantitative estimate of drug-likeness (QED) is 0.189. The second-order valence-electron chi connectivity index (χ2n) is 16.7. The molecule has 0 N–H and O–H groups in total. The van der Waals surface area contributed by atoms with E-state index in [9.17, 15) is 9.59 Å². The van der Waals surface area contributed by atoms with Crippen molar-refractivity contribution in [2.45, 2.75) is 125 Å². The molecule has 4 aliphatic rings. The Morgan fingerprint density at radius 1 is 0.958 bits per heavy atom. The number of rotatable bonds is 10. The molecule has 5 nitrogen and oxygen atoms in total. The summed E-state index contributed by atoms with van der Waals surface area (Å²) in [6.45, 7) is 16.3. The number of hydrogen-bond acceptors (Lipinski definition) is 5. The Kier molecular flexibility index (Phi) is 10.3. The molecule has 0 saturated heterocycles. The minimum Gasteiger partial charge on any atom is -0.461 e. The topological polar surface area (TPSA) is 65.5 Å². The molecule has 8 atom stereocenters. The number of fused-ring (bicyclic) bond motifs is 5. The minimum absolute atomic E-state index is 0.144. The van der Waals surface area contributed by atoms with E-state index >= 15 is 0 Å². The molecule has 3 saturated carbocycles. The fourth-order valence-electron chi connectivity index (χ4n) is 11.0. The maximum atomic E-state index is 13.7. The third-order valence-electron chi connectivity index (χ3n) is 13.5. The van der Waals surface area contributed by atoms with Crippen LogP contribution in [0.5, 0.6) is 0 Å². The Morgan fingerprint density at radius 3 is 2.46 bits per heavy atom. The van der Waals surface area contributed by atoms with Crippen molar-refractivity contribution in [3.8, 4) is 11.1 Å². The van der Waals surface area contributed by atoms with Gasteiger partial charge in [0.15, 0.2) is 5.69 Å². The highest BCUT2D eigenvalue weighted by Crippen LogP contribution is 2.67. The highest BCUT2D eigenvalue weighted by Gasteiger charge is 2.59. The third kappa shape index (κ3) is 6.52. The molecule has 4 aliphatic carbocycles. The third-order valence-corrected chi connectivity index (χ3v) is 13.5. The van der Waals surface area contributed by atoms with Gasteiger partial charge in [-0.25, -0.2) is 14.6 Å². The van der Waals surface area contributed by atoms with Crippen LogP contribution in [-0.4, -0.2) is 29.6 Å². The van der Waals surface area contributed by atoms with Crippen molar-refractivity contribution in [3.05, 3.63) is 65.0 Å². The van der Waals surface area contributed by atoms with Crippen molar-refractivity contribution in [2.75, 3.05) is 6.61 Å². The van der Waals surface area contributed by atoms with Gasteiger partial charge in [0, 0.05) is 12.0 Å². The van der Waals surface area contributed by atoms with Gasteiger partial charge >= 0.3 is 11.9 Å². The monoisotopic (exact) mass is 653 g/mol. The van der Waals surface area contributed by atoms with Crippen LogP contribution in [-0.2, 0) is 9.47 Å². The fourth-order valence-corrected chi connectivity index (χ4v) is 11.0. The van der Waals surface area contributed by atoms with Gasteiger partial charge in [-0.3, -0.25) is 0 Å². The smallest absolute Gasteiger partial charge is 0.357 e. The van der Waals surface area contributed by atoms with Gasteiger partial charge in [0.1, 0.15) is 6.10 Å². The predicted molar refractivity (Wildman–Crippen MR) is 193 cm³/mol. The average molecular weight is 654 g/mol. The van der Waals surface area contributed by atoms with Crippen molar-refractivity contribution in [1.82, 2.24) is 4.98 Å². The molecule has 1 aromatic carbocycles. The van der Waals surface area contributed by atoms with Gasteiger partial charge in [0.2, 0.25) is 0 Å². The van der Waals surface area contributed by atoms with Gasteiger partial charge < -0.3 is 9.47 Å². The summed E-state index contributed by atoms with van der Waals surface area (Å²) in [6.07, 6.45) is 16.0. The lowest BCUT2D eigenvalue weighted by molar-refractivity contribution is -0.0594. The number of pyridine rings is 1. The highest BCUT2D eigenvalue weighted by molar-refractivity contribution is 5.99. The first-order valence-corrected chi connectivity index (χ1v) is 19.1. The van der Waals surface area contributed by atoms with Crippen molar-refractivity contribution < 1.29 is 19.1 Å². The molecule has 0 spiro atoms. The van der Waals surface area contributed by atoms with Crippen molar-refractivity contribution in [3.63, 3.8) is 0 Å². The van der Waals surface area contributed by atoms with E-state index in [-0.39, 0.29) is 29.8 Å². The average Bonchev–Trinajstić information content (AvgIpc) is 3.42. The maximum absolute atomic E-state index is 13.7. The molecule has 3 fully saturated rings. The molecular weight excluding hydrogens is 594 g/mol. The molecule has 1 heterocycles. The summed E-state index contributed by atoms with van der Waals surface area (Å²) >= 11 is 0. The van der Waals surface area contributed by atoms with E-state index in [0.29, 0.717) is 22.2 Å². The first-order valence-electron chi connectivity index (χ1n) is 19.1. The number of allylic oxidation sites excluding steroid dienone is 1. The Balaban J connectivity index is 1.15. The van der Waals surface area contributed by atoms with E-state index in [0.717, 1.165) is 60.3 Å². The largest absolute Gasteiger partial charge is 0.461 e. The number of nitrogens with zero attached hydrogens (tertiary/aromatic N) is 1. The number of carbonyl (C=O) groups is 2. The van der Waals surface area contributed by atoms with Crippen LogP contribution < -0.4 is 0 Å². The predicted octanol–water partition coefficient (Wildman–Crippen LogP) is 10.8. The van der Waals surface area contributed by atoms with E-state index in [1.165, 1.54) is 56.9 Å². The molecule has 0 aliphatic heterocycles. The molecule has 1 aromatic heterocycles. The molecule has 48 heavy (non-hydrogen) atoms. The Labute approximate surface area is 289 Å². The van der Waals surface area contributed by atoms with Crippen LogP contribution in [0.25, 0.3) is 11.1 Å². The van der Waals surface area contributed by atoms with E-state index in [1.807, 2.05) is 30.3 Å². The van der Waals surface area contributed by atoms with Gasteiger partial charge in [-0.2, -0.15) is 0 Å². The normalized spacial score (nSPS) is 31.7. The molecular formula is C43H59NO4. The molecule has 0 amide bonds. The second kappa shape index (κ2) is 14.1. The van der Waals surface area contributed by atoms with Gasteiger partial charge in [-0.05, 0) is 117 Å². The standard InChI is InChI=1S/C43H59NO4/c1-8-47-41(46)39-35(30-15-10-9-11-16-30)26-34(29(5)44-39)40(45)48-32-21-23-42(6)31(25-32)17-18-33-37-20-19-36(28(4)14-12-13-27(2)3)43(37,7)24-22-38(33)42/h9-11,15-17,26-28,32-33,36-38H,8,12-14,18-25H2,1-7H3/t28-,32+,33+,36-,37+,38+,42+,43-/m1/s1. The van der Waals surface area contributed by atoms with Crippen molar-refractivity contribution >= 4 is 11.9 Å². The molecule has 260 valence electrons. The second-order valence-corrected chi connectivity index (χ2v) is 16.7. The SMILES string of the molecule is CCOC(=O)c1nc(C)c(C(=O)O[C@H]2CC[C@@]3(C)C(=CC[C@H]4[C@@H]5CC[C@H]([C@H](C)CCCC(C)C)[C@@]5(C)CC[C@@H]43)C2)cc1-c1ccccc1. The fraction of sp³-hybridized carbons (Fsp3) is 0.651. The van der Waals surface area contributed by atoms with E-state index in [1.54, 1.807) is 19.9 Å². The Hall–Kier alpha value is -2.95. The van der Waals surface area contributed by atoms with Gasteiger partial charge in [0.25, 0.3) is 0 Å². The lowest BCUT2D eigenvalue weighted by Crippen LogP contribution is -2.51. The van der Waals surface area contributed by atoms with E-state index in [2.05, 4.69) is 45.7 Å². The number of carbonyl (C=O) groups excluding carboxylic acids is 2. The van der Waals surface area contributed by atoms with Crippen LogP contribution >= 0.6 is 0 Å². The zero-order valence-electron chi connectivity index (χ0n) is 30.6. The Morgan fingerprint density at radius 2 is 1.73 bits per heavy atom. The molecule has 0 bridgehead atoms. The van der Waals surface area contributed by atoms with Crippen molar-refractivity contribution in [2.24, 2.45) is 46.3 Å². The van der Waals surface area contributed by atoms with Gasteiger partial charge in [0.05, 0.1) is 17.9 Å². The summed E-state index contributed by atoms with van der Waals surface area (Å²) in [7, 11) is 0. The van der Waals surface area contributed by atoms with Gasteiger partial charge in [-0.15, -0.1) is 0 Å². The van der Waals surface area contributed by atoms with Crippen LogP contribution in [0.2, 0.25) is 0 Å². The number of aryl methyl sites for hydroxylation is 1. The Bertz CT molecular complexity index is 1510. The van der Waals surface area contributed by atoms with Crippen LogP contribution in [0.15, 0.2) is 48.0 Å². The summed E-state index contributed by atoms with van der Waals surface area (Å²) in [5.41, 5.74) is 4.73. The number of hydrogen-bond donors (Lipinski definition) is 0. The lowest BCUT2D eigenvalue weighted by Gasteiger charge is -2.58. The molecule has 0 unspecified atom stereocenters. The number of ether oxygens (including phenoxy) is 2. The molecule has 5 heteroatoms. The summed E-state index contributed by atoms with van der Waals surface area (Å²) in [6, 6.07) is 11.4. The van der Waals surface area contributed by atoms with Crippen molar-refractivity contribution in [1.29, 1.82) is 0 Å². The minimum atomic E-state index is -0.485. The van der Waals surface area contributed by atoms with Gasteiger partial charge in [-0.1, -0.05) is 95.9 Å². The number of esters is 2. The number of benzene rings is 1. The van der Waals surface area contributed by atoms with Crippen LogP contribution in [0.1, 0.15) is 139 Å².